The molecule has 2 fully saturated rings. The van der Waals surface area contributed by atoms with Crippen molar-refractivity contribution in [2.24, 2.45) is 5.41 Å². The van der Waals surface area contributed by atoms with Gasteiger partial charge in [0.25, 0.3) is 0 Å². The summed E-state index contributed by atoms with van der Waals surface area (Å²) in [5.74, 6) is -0.424. The fourth-order valence-electron chi connectivity index (χ4n) is 7.52. The van der Waals surface area contributed by atoms with Gasteiger partial charge in [0, 0.05) is 37.4 Å². The Kier molecular flexibility index (Phi) is 8.74. The lowest BCUT2D eigenvalue weighted by atomic mass is 9.74. The molecule has 0 saturated carbocycles. The fourth-order valence-corrected chi connectivity index (χ4v) is 7.52. The van der Waals surface area contributed by atoms with E-state index in [0.29, 0.717) is 31.0 Å². The van der Waals surface area contributed by atoms with Crippen LogP contribution in [0.15, 0.2) is 60.7 Å². The Balaban J connectivity index is 1.30. The van der Waals surface area contributed by atoms with Crippen LogP contribution in [0.1, 0.15) is 74.2 Å². The first-order valence-electron chi connectivity index (χ1n) is 15.9. The molecule has 7 heteroatoms. The smallest absolute Gasteiger partial charge is 0.133 e. The molecule has 3 aliphatic heterocycles. The average molecular weight is 592 g/mol. The zero-order chi connectivity index (χ0) is 30.0. The highest BCUT2D eigenvalue weighted by Gasteiger charge is 2.38. The number of halogens is 3. The number of ether oxygens (including phenoxy) is 1. The highest BCUT2D eigenvalue weighted by Crippen LogP contribution is 2.43. The summed E-state index contributed by atoms with van der Waals surface area (Å²) in [6, 6.07) is 18.0. The van der Waals surface area contributed by atoms with Crippen LogP contribution in [-0.4, -0.2) is 49.8 Å². The van der Waals surface area contributed by atoms with Gasteiger partial charge in [-0.05, 0) is 112 Å². The second kappa shape index (κ2) is 12.5. The zero-order valence-electron chi connectivity index (χ0n) is 25.5. The molecule has 6 rings (SSSR count). The first kappa shape index (κ1) is 30.0. The van der Waals surface area contributed by atoms with Crippen molar-refractivity contribution in [1.29, 1.82) is 0 Å². The van der Waals surface area contributed by atoms with Gasteiger partial charge in [-0.25, -0.2) is 13.2 Å². The number of anilines is 1. The van der Waals surface area contributed by atoms with Crippen molar-refractivity contribution >= 4 is 5.69 Å². The normalized spacial score (nSPS) is 23.2. The number of nitrogens with one attached hydrogen (secondary N) is 1. The molecule has 43 heavy (non-hydrogen) atoms. The van der Waals surface area contributed by atoms with Gasteiger partial charge in [-0.2, -0.15) is 0 Å². The molecule has 0 radical (unpaired) electrons. The molecule has 230 valence electrons. The first-order chi connectivity index (χ1) is 20.7. The molecule has 2 saturated heterocycles. The fraction of sp³-hybridized carbons (Fsp3) is 0.500. The molecule has 0 bridgehead atoms. The van der Waals surface area contributed by atoms with Gasteiger partial charge in [0.05, 0.1) is 6.04 Å². The minimum Gasteiger partial charge on any atom is -0.489 e. The van der Waals surface area contributed by atoms with Gasteiger partial charge in [0.2, 0.25) is 0 Å². The second-order valence-electron chi connectivity index (χ2n) is 13.4. The number of nitrogens with zero attached hydrogens (tertiary/aromatic N) is 2. The number of alkyl halides is 1. The summed E-state index contributed by atoms with van der Waals surface area (Å²) in [6.45, 7) is 7.70. The number of piperidine rings is 1. The van der Waals surface area contributed by atoms with Gasteiger partial charge in [-0.15, -0.1) is 0 Å². The van der Waals surface area contributed by atoms with Crippen LogP contribution in [-0.2, 0) is 13.0 Å². The Morgan fingerprint density at radius 1 is 0.930 bits per heavy atom. The summed E-state index contributed by atoms with van der Waals surface area (Å²) in [7, 11) is 0. The summed E-state index contributed by atoms with van der Waals surface area (Å²) >= 11 is 0. The quantitative estimate of drug-likeness (QED) is 0.306. The molecule has 0 amide bonds. The third-order valence-electron chi connectivity index (χ3n) is 9.53. The van der Waals surface area contributed by atoms with E-state index in [4.69, 9.17) is 4.74 Å². The minimum atomic E-state index is -1.52. The molecule has 3 heterocycles. The summed E-state index contributed by atoms with van der Waals surface area (Å²) in [4.78, 5) is 4.07. The maximum absolute atomic E-state index is 16.2. The number of hydrogen-bond donors (Lipinski definition) is 1. The van der Waals surface area contributed by atoms with E-state index in [-0.39, 0.29) is 17.5 Å². The Hall–Kier alpha value is -3.03. The van der Waals surface area contributed by atoms with Gasteiger partial charge in [-0.3, -0.25) is 4.90 Å². The Morgan fingerprint density at radius 2 is 1.70 bits per heavy atom. The average Bonchev–Trinajstić information content (AvgIpc) is 3.21. The van der Waals surface area contributed by atoms with Gasteiger partial charge in [-0.1, -0.05) is 36.4 Å². The van der Waals surface area contributed by atoms with E-state index in [1.54, 1.807) is 0 Å². The lowest BCUT2D eigenvalue weighted by Crippen LogP contribution is -2.44. The summed E-state index contributed by atoms with van der Waals surface area (Å²) in [5.41, 5.74) is 2.12. The highest BCUT2D eigenvalue weighted by molar-refractivity contribution is 5.53. The number of fused-ring (bicyclic) bond motifs is 1. The Morgan fingerprint density at radius 3 is 2.47 bits per heavy atom. The summed E-state index contributed by atoms with van der Waals surface area (Å²) in [6.07, 6.45) is 6.21. The Labute approximate surface area is 254 Å². The van der Waals surface area contributed by atoms with E-state index in [1.165, 1.54) is 26.0 Å². The minimum absolute atomic E-state index is 0.00251. The van der Waals surface area contributed by atoms with Crippen molar-refractivity contribution in [3.63, 3.8) is 0 Å². The molecule has 0 aliphatic carbocycles. The predicted octanol–water partition coefficient (Wildman–Crippen LogP) is 7.60. The van der Waals surface area contributed by atoms with Crippen LogP contribution >= 0.6 is 0 Å². The van der Waals surface area contributed by atoms with Crippen LogP contribution in [0, 0.1) is 17.0 Å². The number of benzene rings is 3. The summed E-state index contributed by atoms with van der Waals surface area (Å²) in [5, 5.41) is 3.50. The first-order valence-corrected chi connectivity index (χ1v) is 15.9. The van der Waals surface area contributed by atoms with Gasteiger partial charge in [0.15, 0.2) is 0 Å². The second-order valence-corrected chi connectivity index (χ2v) is 13.4. The molecule has 1 N–H and O–H groups in total. The van der Waals surface area contributed by atoms with Crippen LogP contribution in [0.4, 0.5) is 18.9 Å². The van der Waals surface area contributed by atoms with Crippen LogP contribution in [0.2, 0.25) is 0 Å². The van der Waals surface area contributed by atoms with Crippen LogP contribution in [0.25, 0.3) is 0 Å². The third-order valence-corrected chi connectivity index (χ3v) is 9.53. The predicted molar refractivity (Wildman–Crippen MR) is 166 cm³/mol. The third kappa shape index (κ3) is 6.88. The van der Waals surface area contributed by atoms with Crippen LogP contribution in [0.5, 0.6) is 5.75 Å². The van der Waals surface area contributed by atoms with E-state index in [2.05, 4.69) is 10.2 Å². The molecule has 4 nitrogen and oxygen atoms in total. The van der Waals surface area contributed by atoms with Crippen molar-refractivity contribution < 1.29 is 17.9 Å². The Bertz CT molecular complexity index is 1380. The maximum atomic E-state index is 16.2. The van der Waals surface area contributed by atoms with Crippen LogP contribution in [0.3, 0.4) is 0 Å². The molecule has 3 aromatic rings. The van der Waals surface area contributed by atoms with E-state index in [0.717, 1.165) is 75.0 Å². The standard InChI is InChI=1S/C36H44F3N3O/c1-35(2,39)24-42-19-12-27-20-29(43-23-26-8-4-3-5-9-26)10-11-30(27)34(42)33-31(37)21-28(22-32(33)38)41-18-7-14-36(25-41)13-6-16-40-17-15-36/h3-5,8-11,20-22,34,40H,6-7,12-19,23-25H2,1-2H3. The topological polar surface area (TPSA) is 27.7 Å². The SMILES string of the molecule is CC(C)(F)CN1CCc2cc(OCc3ccccc3)ccc2C1c1c(F)cc(N2CCCC3(CCCNCC3)C2)cc1F. The van der Waals surface area contributed by atoms with Crippen molar-refractivity contribution in [2.45, 2.75) is 70.7 Å². The molecule has 1 spiro atoms. The molecule has 2 unspecified atom stereocenters. The number of hydrogen-bond acceptors (Lipinski definition) is 4. The van der Waals surface area contributed by atoms with Crippen molar-refractivity contribution in [3.05, 3.63) is 94.6 Å². The van der Waals surface area contributed by atoms with Crippen molar-refractivity contribution in [2.75, 3.05) is 44.2 Å². The van der Waals surface area contributed by atoms with Crippen molar-refractivity contribution in [1.82, 2.24) is 10.2 Å². The maximum Gasteiger partial charge on any atom is 0.133 e. The molecule has 2 atom stereocenters. The van der Waals surface area contributed by atoms with E-state index in [1.807, 2.05) is 53.4 Å². The van der Waals surface area contributed by atoms with E-state index in [9.17, 15) is 0 Å². The van der Waals surface area contributed by atoms with Gasteiger partial charge < -0.3 is 15.0 Å². The molecule has 3 aromatic carbocycles. The van der Waals surface area contributed by atoms with E-state index < -0.39 is 23.3 Å². The summed E-state index contributed by atoms with van der Waals surface area (Å²) < 4.78 is 53.5. The monoisotopic (exact) mass is 591 g/mol. The molecule has 0 aromatic heterocycles. The zero-order valence-corrected chi connectivity index (χ0v) is 25.5. The lowest BCUT2D eigenvalue weighted by Gasteiger charge is -2.44. The largest absolute Gasteiger partial charge is 0.489 e. The molecular weight excluding hydrogens is 547 g/mol. The van der Waals surface area contributed by atoms with Crippen molar-refractivity contribution in [3.8, 4) is 5.75 Å². The van der Waals surface area contributed by atoms with Crippen LogP contribution < -0.4 is 15.0 Å². The molecule has 3 aliphatic rings. The van der Waals surface area contributed by atoms with Gasteiger partial charge in [0.1, 0.15) is 29.7 Å². The number of rotatable bonds is 7. The highest BCUT2D eigenvalue weighted by atomic mass is 19.1. The lowest BCUT2D eigenvalue weighted by molar-refractivity contribution is 0.0972. The van der Waals surface area contributed by atoms with E-state index >= 15 is 13.2 Å². The van der Waals surface area contributed by atoms with Gasteiger partial charge >= 0.3 is 0 Å². The molecular formula is C36H44F3N3O.